The van der Waals surface area contributed by atoms with E-state index >= 15 is 0 Å². The second-order valence-electron chi connectivity index (χ2n) is 3.32. The molecule has 6 heteroatoms. The minimum absolute atomic E-state index is 0.401. The Morgan fingerprint density at radius 2 is 2.12 bits per heavy atom. The second-order valence-corrected chi connectivity index (χ2v) is 4.17. The van der Waals surface area contributed by atoms with Gasteiger partial charge < -0.3 is 5.73 Å². The molecule has 1 aromatic carbocycles. The van der Waals surface area contributed by atoms with Gasteiger partial charge in [-0.2, -0.15) is 0 Å². The van der Waals surface area contributed by atoms with Crippen molar-refractivity contribution in [2.45, 2.75) is 13.1 Å². The molecule has 0 unspecified atom stereocenters. The van der Waals surface area contributed by atoms with E-state index in [1.165, 1.54) is 0 Å². The first-order valence-electron chi connectivity index (χ1n) is 4.72. The van der Waals surface area contributed by atoms with Crippen molar-refractivity contribution in [1.29, 1.82) is 0 Å². The van der Waals surface area contributed by atoms with Crippen molar-refractivity contribution in [3.05, 3.63) is 45.7 Å². The summed E-state index contributed by atoms with van der Waals surface area (Å²) in [4.78, 5) is 0. The van der Waals surface area contributed by atoms with Gasteiger partial charge in [-0.1, -0.05) is 34.5 Å². The summed E-state index contributed by atoms with van der Waals surface area (Å²) in [7, 11) is 0. The predicted octanol–water partition coefficient (Wildman–Crippen LogP) is 2.09. The Balaban J connectivity index is 2.27. The molecule has 0 radical (unpaired) electrons. The molecule has 2 N–H and O–H groups in total. The molecule has 4 nitrogen and oxygen atoms in total. The van der Waals surface area contributed by atoms with Crippen LogP contribution < -0.4 is 5.73 Å². The predicted molar refractivity (Wildman–Crippen MR) is 63.5 cm³/mol. The summed E-state index contributed by atoms with van der Waals surface area (Å²) in [6.45, 7) is 0.945. The van der Waals surface area contributed by atoms with E-state index in [4.69, 9.17) is 28.9 Å². The third-order valence-electron chi connectivity index (χ3n) is 2.24. The molecule has 0 aliphatic carbocycles. The van der Waals surface area contributed by atoms with Crippen LogP contribution in [0.5, 0.6) is 0 Å². The smallest absolute Gasteiger partial charge is 0.0738 e. The largest absolute Gasteiger partial charge is 0.325 e. The first kappa shape index (κ1) is 11.4. The Hall–Kier alpha value is -1.10. The zero-order valence-electron chi connectivity index (χ0n) is 8.40. The lowest BCUT2D eigenvalue weighted by Crippen LogP contribution is -2.10. The minimum atomic E-state index is 0.401. The Morgan fingerprint density at radius 1 is 1.31 bits per heavy atom. The summed E-state index contributed by atoms with van der Waals surface area (Å²) in [5.41, 5.74) is 7.36. The standard InChI is InChI=1S/C10H10Cl2N4/c11-8-2-1-7(10(12)3-8)6-16-9(4-13)5-14-15-16/h1-3,5H,4,6,13H2. The topological polar surface area (TPSA) is 56.7 Å². The van der Waals surface area contributed by atoms with Crippen LogP contribution in [0.25, 0.3) is 0 Å². The molecule has 0 amide bonds. The van der Waals surface area contributed by atoms with Gasteiger partial charge in [0.25, 0.3) is 0 Å². The van der Waals surface area contributed by atoms with E-state index < -0.39 is 0 Å². The maximum Gasteiger partial charge on any atom is 0.0738 e. The number of halogens is 2. The lowest BCUT2D eigenvalue weighted by Gasteiger charge is -2.06. The molecule has 2 rings (SSSR count). The van der Waals surface area contributed by atoms with Crippen LogP contribution >= 0.6 is 23.2 Å². The van der Waals surface area contributed by atoms with Gasteiger partial charge in [-0.3, -0.25) is 0 Å². The van der Waals surface area contributed by atoms with Crippen LogP contribution in [0.1, 0.15) is 11.3 Å². The average Bonchev–Trinajstić information content (AvgIpc) is 2.69. The lowest BCUT2D eigenvalue weighted by molar-refractivity contribution is 0.619. The minimum Gasteiger partial charge on any atom is -0.325 e. The molecule has 16 heavy (non-hydrogen) atoms. The Morgan fingerprint density at radius 3 is 2.81 bits per heavy atom. The van der Waals surface area contributed by atoms with Crippen LogP contribution in [-0.2, 0) is 13.1 Å². The highest BCUT2D eigenvalue weighted by molar-refractivity contribution is 6.35. The van der Waals surface area contributed by atoms with Crippen LogP contribution in [0.3, 0.4) is 0 Å². The third-order valence-corrected chi connectivity index (χ3v) is 2.83. The van der Waals surface area contributed by atoms with Crippen LogP contribution in [0, 0.1) is 0 Å². The summed E-state index contributed by atoms with van der Waals surface area (Å²) >= 11 is 11.9. The second kappa shape index (κ2) is 4.82. The molecule has 0 spiro atoms. The summed E-state index contributed by atoms with van der Waals surface area (Å²) in [5.74, 6) is 0. The number of hydrogen-bond donors (Lipinski definition) is 1. The van der Waals surface area contributed by atoms with Crippen molar-refractivity contribution in [2.24, 2.45) is 5.73 Å². The highest BCUT2D eigenvalue weighted by atomic mass is 35.5. The fourth-order valence-corrected chi connectivity index (χ4v) is 1.85. The molecule has 0 aliphatic heterocycles. The molecule has 1 aromatic heterocycles. The number of hydrogen-bond acceptors (Lipinski definition) is 3. The highest BCUT2D eigenvalue weighted by Crippen LogP contribution is 2.21. The van der Waals surface area contributed by atoms with Gasteiger partial charge in [0.15, 0.2) is 0 Å². The molecule has 0 bridgehead atoms. The maximum atomic E-state index is 6.06. The molecule has 2 aromatic rings. The lowest BCUT2D eigenvalue weighted by atomic mass is 10.2. The fourth-order valence-electron chi connectivity index (χ4n) is 1.38. The van der Waals surface area contributed by atoms with Crippen molar-refractivity contribution >= 4 is 23.2 Å². The van der Waals surface area contributed by atoms with Crippen molar-refractivity contribution in [3.63, 3.8) is 0 Å². The van der Waals surface area contributed by atoms with E-state index in [0.717, 1.165) is 11.3 Å². The van der Waals surface area contributed by atoms with Crippen LogP contribution in [0.4, 0.5) is 0 Å². The zero-order valence-corrected chi connectivity index (χ0v) is 9.91. The van der Waals surface area contributed by atoms with E-state index in [1.807, 2.05) is 6.07 Å². The number of rotatable bonds is 3. The quantitative estimate of drug-likeness (QED) is 0.915. The molecule has 0 saturated carbocycles. The van der Waals surface area contributed by atoms with Crippen molar-refractivity contribution in [1.82, 2.24) is 15.0 Å². The van der Waals surface area contributed by atoms with E-state index in [9.17, 15) is 0 Å². The monoisotopic (exact) mass is 256 g/mol. The number of nitrogens with two attached hydrogens (primary N) is 1. The summed E-state index contributed by atoms with van der Waals surface area (Å²) in [6.07, 6.45) is 1.64. The average molecular weight is 257 g/mol. The maximum absolute atomic E-state index is 6.06. The summed E-state index contributed by atoms with van der Waals surface area (Å²) in [6, 6.07) is 5.37. The normalized spacial score (nSPS) is 10.7. The molecular formula is C10H10Cl2N4. The van der Waals surface area contributed by atoms with Gasteiger partial charge in [0, 0.05) is 16.6 Å². The van der Waals surface area contributed by atoms with Crippen LogP contribution in [-0.4, -0.2) is 15.0 Å². The molecule has 0 atom stereocenters. The number of benzene rings is 1. The van der Waals surface area contributed by atoms with Gasteiger partial charge in [0.2, 0.25) is 0 Å². The van der Waals surface area contributed by atoms with Crippen molar-refractivity contribution in [3.8, 4) is 0 Å². The van der Waals surface area contributed by atoms with Crippen molar-refractivity contribution < 1.29 is 0 Å². The van der Waals surface area contributed by atoms with Gasteiger partial charge in [-0.25, -0.2) is 4.68 Å². The summed E-state index contributed by atoms with van der Waals surface area (Å²) in [5, 5.41) is 8.97. The Kier molecular flexibility index (Phi) is 3.43. The molecule has 0 saturated heterocycles. The highest BCUT2D eigenvalue weighted by Gasteiger charge is 2.06. The van der Waals surface area contributed by atoms with E-state index in [1.54, 1.807) is 23.0 Å². The Bertz CT molecular complexity index is 495. The molecule has 84 valence electrons. The van der Waals surface area contributed by atoms with E-state index in [2.05, 4.69) is 10.3 Å². The first-order valence-corrected chi connectivity index (χ1v) is 5.47. The first-order chi connectivity index (χ1) is 7.70. The van der Waals surface area contributed by atoms with E-state index in [0.29, 0.717) is 23.1 Å². The van der Waals surface area contributed by atoms with Gasteiger partial charge in [0.1, 0.15) is 0 Å². The SMILES string of the molecule is NCc1cnnn1Cc1ccc(Cl)cc1Cl. The molecule has 0 fully saturated rings. The Labute approximate surface area is 103 Å². The van der Waals surface area contributed by atoms with Gasteiger partial charge in [-0.05, 0) is 17.7 Å². The van der Waals surface area contributed by atoms with Crippen molar-refractivity contribution in [2.75, 3.05) is 0 Å². The number of aromatic nitrogens is 3. The number of nitrogens with zero attached hydrogens (tertiary/aromatic N) is 3. The van der Waals surface area contributed by atoms with Crippen LogP contribution in [0.15, 0.2) is 24.4 Å². The van der Waals surface area contributed by atoms with Gasteiger partial charge in [-0.15, -0.1) is 5.10 Å². The van der Waals surface area contributed by atoms with Crippen LogP contribution in [0.2, 0.25) is 10.0 Å². The van der Waals surface area contributed by atoms with Gasteiger partial charge in [0.05, 0.1) is 18.4 Å². The fraction of sp³-hybridized carbons (Fsp3) is 0.200. The van der Waals surface area contributed by atoms with E-state index in [-0.39, 0.29) is 0 Å². The molecular weight excluding hydrogens is 247 g/mol. The van der Waals surface area contributed by atoms with Gasteiger partial charge >= 0.3 is 0 Å². The molecule has 1 heterocycles. The molecule has 0 aliphatic rings. The summed E-state index contributed by atoms with van der Waals surface area (Å²) < 4.78 is 1.72. The zero-order chi connectivity index (χ0) is 11.5. The third kappa shape index (κ3) is 2.35.